The molecule has 0 aromatic carbocycles. The fourth-order valence-electron chi connectivity index (χ4n) is 1.49. The second-order valence-electron chi connectivity index (χ2n) is 4.78. The smallest absolute Gasteiger partial charge is 0.304 e. The molecular formula is C11H22N4O3S2. The van der Waals surface area contributed by atoms with E-state index >= 15 is 0 Å². The Morgan fingerprint density at radius 1 is 1.45 bits per heavy atom. The molecule has 20 heavy (non-hydrogen) atoms. The van der Waals surface area contributed by atoms with Gasteiger partial charge in [0.2, 0.25) is 0 Å². The Kier molecular flexibility index (Phi) is 6.83. The minimum Gasteiger partial charge on any atom is -0.315 e. The molecule has 0 unspecified atom stereocenters. The van der Waals surface area contributed by atoms with Gasteiger partial charge in [0.25, 0.3) is 10.2 Å². The van der Waals surface area contributed by atoms with Crippen LogP contribution in [0.25, 0.3) is 0 Å². The topological polar surface area (TPSA) is 94.3 Å². The second-order valence-corrected chi connectivity index (χ2v) is 7.49. The van der Waals surface area contributed by atoms with Crippen molar-refractivity contribution in [1.82, 2.24) is 19.3 Å². The van der Waals surface area contributed by atoms with Gasteiger partial charge in [-0.3, -0.25) is 4.79 Å². The summed E-state index contributed by atoms with van der Waals surface area (Å²) in [6.45, 7) is 5.40. The molecule has 0 spiro atoms. The largest absolute Gasteiger partial charge is 0.315 e. The maximum absolute atomic E-state index is 11.9. The Hall–Kier alpha value is -0.740. The molecule has 1 rings (SSSR count). The highest BCUT2D eigenvalue weighted by atomic mass is 32.2. The van der Waals surface area contributed by atoms with Gasteiger partial charge in [-0.2, -0.15) is 17.4 Å². The molecule has 1 heterocycles. The molecule has 0 aliphatic rings. The van der Waals surface area contributed by atoms with Crippen molar-refractivity contribution in [2.75, 3.05) is 20.1 Å². The van der Waals surface area contributed by atoms with Gasteiger partial charge < -0.3 is 10.3 Å². The summed E-state index contributed by atoms with van der Waals surface area (Å²) < 4.78 is 27.6. The quantitative estimate of drug-likeness (QED) is 0.562. The van der Waals surface area contributed by atoms with E-state index in [1.807, 2.05) is 13.8 Å². The summed E-state index contributed by atoms with van der Waals surface area (Å²) in [7, 11) is -1.98. The Labute approximate surface area is 123 Å². The molecule has 0 saturated heterocycles. The van der Waals surface area contributed by atoms with E-state index < -0.39 is 10.2 Å². The third-order valence-electron chi connectivity index (χ3n) is 2.63. The number of hydrogen-bond donors (Lipinski definition) is 3. The number of nitrogens with zero attached hydrogens (tertiary/aromatic N) is 1. The van der Waals surface area contributed by atoms with Crippen molar-refractivity contribution in [3.8, 4) is 0 Å². The lowest BCUT2D eigenvalue weighted by atomic mass is 10.3. The number of rotatable bonds is 9. The number of H-pyrrole nitrogens is 1. The highest BCUT2D eigenvalue weighted by Crippen LogP contribution is 2.00. The molecule has 0 saturated carbocycles. The number of nitrogens with one attached hydrogen (secondary N) is 3. The number of aromatic nitrogens is 1. The van der Waals surface area contributed by atoms with Crippen molar-refractivity contribution >= 4 is 21.5 Å². The van der Waals surface area contributed by atoms with Gasteiger partial charge in [0, 0.05) is 30.7 Å². The predicted octanol–water partition coefficient (Wildman–Crippen LogP) is 0.0907. The van der Waals surface area contributed by atoms with Gasteiger partial charge in [-0.1, -0.05) is 25.2 Å². The van der Waals surface area contributed by atoms with Gasteiger partial charge in [0.05, 0.1) is 6.54 Å². The first-order valence-corrected chi connectivity index (χ1v) is 8.74. The van der Waals surface area contributed by atoms with E-state index in [-0.39, 0.29) is 11.4 Å². The van der Waals surface area contributed by atoms with E-state index in [2.05, 4.69) is 15.0 Å². The highest BCUT2D eigenvalue weighted by molar-refractivity contribution is 7.87. The van der Waals surface area contributed by atoms with Crippen molar-refractivity contribution in [1.29, 1.82) is 0 Å². The zero-order valence-electron chi connectivity index (χ0n) is 12.0. The van der Waals surface area contributed by atoms with E-state index in [4.69, 9.17) is 0 Å². The zero-order chi connectivity index (χ0) is 15.2. The number of thiazole rings is 1. The van der Waals surface area contributed by atoms with Crippen LogP contribution in [0.1, 0.15) is 26.0 Å². The monoisotopic (exact) mass is 322 g/mol. The first kappa shape index (κ1) is 17.3. The number of hydrogen-bond acceptors (Lipinski definition) is 5. The molecule has 0 aliphatic heterocycles. The van der Waals surface area contributed by atoms with Gasteiger partial charge in [0.15, 0.2) is 0 Å². The third kappa shape index (κ3) is 6.14. The van der Waals surface area contributed by atoms with Crippen LogP contribution in [0.2, 0.25) is 0 Å². The molecule has 0 radical (unpaired) electrons. The summed E-state index contributed by atoms with van der Waals surface area (Å²) in [5, 5.41) is 4.84. The molecule has 1 aromatic heterocycles. The molecule has 0 fully saturated rings. The molecule has 1 aromatic rings. The minimum atomic E-state index is -3.51. The molecule has 3 N–H and O–H groups in total. The van der Waals surface area contributed by atoms with E-state index in [1.165, 1.54) is 11.4 Å². The summed E-state index contributed by atoms with van der Waals surface area (Å²) in [4.78, 5) is 13.3. The van der Waals surface area contributed by atoms with Crippen molar-refractivity contribution in [2.24, 2.45) is 0 Å². The molecule has 0 bridgehead atoms. The zero-order valence-corrected chi connectivity index (χ0v) is 13.6. The van der Waals surface area contributed by atoms with Crippen LogP contribution in [-0.4, -0.2) is 43.9 Å². The lowest BCUT2D eigenvalue weighted by molar-refractivity contribution is 0.438. The Morgan fingerprint density at radius 2 is 2.15 bits per heavy atom. The normalized spacial score (nSPS) is 12.4. The Bertz CT molecular complexity index is 550. The molecule has 7 nitrogen and oxygen atoms in total. The first-order valence-electron chi connectivity index (χ1n) is 6.42. The molecule has 0 atom stereocenters. The fourth-order valence-corrected chi connectivity index (χ4v) is 3.00. The maximum Gasteiger partial charge on any atom is 0.304 e. The van der Waals surface area contributed by atoms with Crippen molar-refractivity contribution < 1.29 is 8.42 Å². The van der Waals surface area contributed by atoms with Crippen LogP contribution < -0.4 is 14.9 Å². The van der Waals surface area contributed by atoms with Gasteiger partial charge in [-0.25, -0.2) is 0 Å². The fraction of sp³-hybridized carbons (Fsp3) is 0.727. The summed E-state index contributed by atoms with van der Waals surface area (Å²) in [5.74, 6) is 0. The van der Waals surface area contributed by atoms with Crippen molar-refractivity contribution in [3.63, 3.8) is 0 Å². The van der Waals surface area contributed by atoms with Crippen molar-refractivity contribution in [2.45, 2.75) is 32.9 Å². The molecule has 0 aliphatic carbocycles. The SMILES string of the molecule is CC(C)NCCCN(C)S(=O)(=O)NCc1csc(=O)[nH]1. The standard InChI is InChI=1S/C11H22N4O3S2/c1-9(2)12-5-4-6-15(3)20(17,18)13-7-10-8-19-11(16)14-10/h8-9,12-13H,4-7H2,1-3H3,(H,14,16). The summed E-state index contributed by atoms with van der Waals surface area (Å²) in [6.07, 6.45) is 0.741. The Balaban J connectivity index is 2.37. The van der Waals surface area contributed by atoms with Crippen LogP contribution in [-0.2, 0) is 16.8 Å². The lowest BCUT2D eigenvalue weighted by Crippen LogP contribution is -2.39. The lowest BCUT2D eigenvalue weighted by Gasteiger charge is -2.18. The predicted molar refractivity (Wildman–Crippen MR) is 81.1 cm³/mol. The van der Waals surface area contributed by atoms with Gasteiger partial charge >= 0.3 is 4.87 Å². The van der Waals surface area contributed by atoms with Crippen molar-refractivity contribution in [3.05, 3.63) is 20.7 Å². The first-order chi connectivity index (χ1) is 9.31. The van der Waals surface area contributed by atoms with Crippen LogP contribution in [0, 0.1) is 0 Å². The van der Waals surface area contributed by atoms with Gasteiger partial charge in [-0.15, -0.1) is 0 Å². The highest BCUT2D eigenvalue weighted by Gasteiger charge is 2.16. The molecule has 9 heteroatoms. The summed E-state index contributed by atoms with van der Waals surface area (Å²) in [5.41, 5.74) is 0.568. The average molecular weight is 322 g/mol. The minimum absolute atomic E-state index is 0.0929. The average Bonchev–Trinajstić information content (AvgIpc) is 2.77. The maximum atomic E-state index is 11.9. The molecular weight excluding hydrogens is 300 g/mol. The van der Waals surface area contributed by atoms with Crippen LogP contribution in [0.3, 0.4) is 0 Å². The Morgan fingerprint density at radius 3 is 2.70 bits per heavy atom. The van der Waals surface area contributed by atoms with Gasteiger partial charge in [-0.05, 0) is 13.0 Å². The van der Waals surface area contributed by atoms with Crippen LogP contribution >= 0.6 is 11.3 Å². The second kappa shape index (κ2) is 7.89. The summed E-state index contributed by atoms with van der Waals surface area (Å²) >= 11 is 1.02. The summed E-state index contributed by atoms with van der Waals surface area (Å²) in [6, 6.07) is 0.394. The number of aromatic amines is 1. The third-order valence-corrected chi connectivity index (χ3v) is 4.86. The van der Waals surface area contributed by atoms with Crippen LogP contribution in [0.15, 0.2) is 10.2 Å². The van der Waals surface area contributed by atoms with Crippen LogP contribution in [0.5, 0.6) is 0 Å². The molecule has 116 valence electrons. The van der Waals surface area contributed by atoms with Gasteiger partial charge in [0.1, 0.15) is 0 Å². The molecule has 0 amide bonds. The van der Waals surface area contributed by atoms with Crippen LogP contribution in [0.4, 0.5) is 0 Å². The van der Waals surface area contributed by atoms with E-state index in [9.17, 15) is 13.2 Å². The van der Waals surface area contributed by atoms with E-state index in [0.29, 0.717) is 18.3 Å². The van der Waals surface area contributed by atoms with E-state index in [1.54, 1.807) is 5.38 Å². The van der Waals surface area contributed by atoms with E-state index in [0.717, 1.165) is 24.3 Å².